The normalized spacial score (nSPS) is 15.6. The molecule has 0 atom stereocenters. The summed E-state index contributed by atoms with van der Waals surface area (Å²) >= 11 is 0. The molecule has 76 valence electrons. The second-order valence-corrected chi connectivity index (χ2v) is 3.38. The third kappa shape index (κ3) is 2.55. The number of rotatable bonds is 4. The van der Waals surface area contributed by atoms with Crippen molar-refractivity contribution in [3.05, 3.63) is 12.4 Å². The first-order valence-corrected chi connectivity index (χ1v) is 5.06. The average Bonchev–Trinajstić information content (AvgIpc) is 2.86. The van der Waals surface area contributed by atoms with Crippen LogP contribution in [0.5, 0.6) is 0 Å². The molecular weight excluding hydrogens is 178 g/mol. The Kier molecular flexibility index (Phi) is 3.10. The highest BCUT2D eigenvalue weighted by Gasteiger charge is 2.03. The Morgan fingerprint density at radius 1 is 1.50 bits per heavy atom. The Bertz CT molecular complexity index is 290. The molecule has 0 spiro atoms. The predicted molar refractivity (Wildman–Crippen MR) is 54.2 cm³/mol. The first kappa shape index (κ1) is 9.18. The summed E-state index contributed by atoms with van der Waals surface area (Å²) in [6, 6.07) is 0. The molecule has 0 aromatic carbocycles. The lowest BCUT2D eigenvalue weighted by Gasteiger charge is -2.04. The van der Waals surface area contributed by atoms with Crippen LogP contribution < -0.4 is 5.32 Å². The van der Waals surface area contributed by atoms with Crippen LogP contribution in [0.3, 0.4) is 0 Å². The fraction of sp³-hybridized carbons (Fsp3) is 0.667. The molecular formula is C9H15N5. The summed E-state index contributed by atoms with van der Waals surface area (Å²) in [6.07, 6.45) is 6.96. The van der Waals surface area contributed by atoms with Crippen molar-refractivity contribution < 1.29 is 0 Å². The van der Waals surface area contributed by atoms with Gasteiger partial charge in [0.25, 0.3) is 0 Å². The molecule has 2 heterocycles. The summed E-state index contributed by atoms with van der Waals surface area (Å²) in [7, 11) is 0. The Balaban J connectivity index is 1.59. The molecule has 2 rings (SSSR count). The lowest BCUT2D eigenvalue weighted by atomic mass is 10.3. The summed E-state index contributed by atoms with van der Waals surface area (Å²) in [5, 5.41) is 11.0. The minimum absolute atomic E-state index is 0.917. The van der Waals surface area contributed by atoms with E-state index in [2.05, 4.69) is 20.6 Å². The highest BCUT2D eigenvalue weighted by atomic mass is 15.4. The number of aryl methyl sites for hydroxylation is 1. The van der Waals surface area contributed by atoms with Gasteiger partial charge in [-0.05, 0) is 12.8 Å². The molecule has 0 saturated carbocycles. The number of hydrogen-bond acceptors (Lipinski definition) is 4. The molecule has 1 N–H and O–H groups in total. The van der Waals surface area contributed by atoms with Crippen molar-refractivity contribution in [1.29, 1.82) is 0 Å². The van der Waals surface area contributed by atoms with Gasteiger partial charge in [0.2, 0.25) is 0 Å². The summed E-state index contributed by atoms with van der Waals surface area (Å²) in [4.78, 5) is 4.34. The highest BCUT2D eigenvalue weighted by Crippen LogP contribution is 2.00. The number of nitrogens with zero attached hydrogens (tertiary/aromatic N) is 4. The highest BCUT2D eigenvalue weighted by molar-refractivity contribution is 5.83. The topological polar surface area (TPSA) is 55.1 Å². The van der Waals surface area contributed by atoms with Crippen molar-refractivity contribution >= 4 is 5.84 Å². The molecule has 0 saturated heterocycles. The molecule has 0 fully saturated rings. The molecule has 1 aliphatic heterocycles. The average molecular weight is 193 g/mol. The maximum atomic E-state index is 4.34. The first-order valence-electron chi connectivity index (χ1n) is 5.06. The quantitative estimate of drug-likeness (QED) is 0.706. The van der Waals surface area contributed by atoms with E-state index in [0.717, 1.165) is 32.5 Å². The van der Waals surface area contributed by atoms with Gasteiger partial charge in [0.05, 0.1) is 12.0 Å². The van der Waals surface area contributed by atoms with Crippen LogP contribution in [0.1, 0.15) is 19.3 Å². The molecule has 1 aromatic rings. The molecule has 1 aliphatic rings. The number of nitrogens with one attached hydrogen (secondary N) is 1. The molecule has 5 heteroatoms. The van der Waals surface area contributed by atoms with Crippen LogP contribution in [0.15, 0.2) is 17.4 Å². The molecule has 5 nitrogen and oxygen atoms in total. The summed E-state index contributed by atoms with van der Waals surface area (Å²) in [6.45, 7) is 2.88. The first-order chi connectivity index (χ1) is 6.95. The monoisotopic (exact) mass is 193 g/mol. The van der Waals surface area contributed by atoms with Crippen LogP contribution >= 0.6 is 0 Å². The van der Waals surface area contributed by atoms with Crippen molar-refractivity contribution in [2.45, 2.75) is 25.8 Å². The van der Waals surface area contributed by atoms with Gasteiger partial charge in [-0.15, -0.1) is 5.10 Å². The molecule has 0 radical (unpaired) electrons. The van der Waals surface area contributed by atoms with Crippen molar-refractivity contribution in [1.82, 2.24) is 20.3 Å². The van der Waals surface area contributed by atoms with Crippen LogP contribution in [-0.2, 0) is 6.54 Å². The van der Waals surface area contributed by atoms with E-state index >= 15 is 0 Å². The van der Waals surface area contributed by atoms with Crippen LogP contribution in [0.4, 0.5) is 0 Å². The lowest BCUT2D eigenvalue weighted by molar-refractivity contribution is 0.554. The number of aromatic nitrogens is 3. The third-order valence-corrected chi connectivity index (χ3v) is 2.24. The van der Waals surface area contributed by atoms with E-state index in [1.54, 1.807) is 6.20 Å². The maximum Gasteiger partial charge on any atom is 0.0963 e. The van der Waals surface area contributed by atoms with Crippen molar-refractivity contribution in [2.75, 3.05) is 13.1 Å². The van der Waals surface area contributed by atoms with Gasteiger partial charge in [0.1, 0.15) is 0 Å². The van der Waals surface area contributed by atoms with Gasteiger partial charge < -0.3 is 5.32 Å². The summed E-state index contributed by atoms with van der Waals surface area (Å²) in [5.41, 5.74) is 0. The predicted octanol–water partition coefficient (Wildman–Crippen LogP) is 0.450. The second-order valence-electron chi connectivity index (χ2n) is 3.38. The van der Waals surface area contributed by atoms with Gasteiger partial charge in [-0.2, -0.15) is 0 Å². The fourth-order valence-corrected chi connectivity index (χ4v) is 1.51. The van der Waals surface area contributed by atoms with Gasteiger partial charge in [-0.1, -0.05) is 5.21 Å². The van der Waals surface area contributed by atoms with Gasteiger partial charge in [-0.3, -0.25) is 9.67 Å². The molecule has 0 aliphatic carbocycles. The molecule has 14 heavy (non-hydrogen) atoms. The van der Waals surface area contributed by atoms with Gasteiger partial charge >= 0.3 is 0 Å². The molecule has 0 bridgehead atoms. The Morgan fingerprint density at radius 2 is 2.50 bits per heavy atom. The summed E-state index contributed by atoms with van der Waals surface area (Å²) in [5.74, 6) is 1.17. The smallest absolute Gasteiger partial charge is 0.0963 e. The van der Waals surface area contributed by atoms with Crippen LogP contribution in [-0.4, -0.2) is 33.9 Å². The van der Waals surface area contributed by atoms with E-state index in [1.165, 1.54) is 12.3 Å². The van der Waals surface area contributed by atoms with Crippen LogP contribution in [0.2, 0.25) is 0 Å². The van der Waals surface area contributed by atoms with Gasteiger partial charge in [0, 0.05) is 32.3 Å². The minimum atomic E-state index is 0.917. The SMILES string of the molecule is c1cn(CCCNC2=NCCC2)nn1. The molecule has 0 amide bonds. The van der Waals surface area contributed by atoms with Gasteiger partial charge in [-0.25, -0.2) is 0 Å². The number of hydrogen-bond donors (Lipinski definition) is 1. The second kappa shape index (κ2) is 4.74. The van der Waals surface area contributed by atoms with E-state index in [0.29, 0.717) is 0 Å². The van der Waals surface area contributed by atoms with E-state index in [4.69, 9.17) is 0 Å². The Labute approximate surface area is 83.2 Å². The van der Waals surface area contributed by atoms with Crippen molar-refractivity contribution in [3.8, 4) is 0 Å². The molecule has 1 aromatic heterocycles. The zero-order valence-electron chi connectivity index (χ0n) is 8.19. The lowest BCUT2D eigenvalue weighted by Crippen LogP contribution is -2.23. The Morgan fingerprint density at radius 3 is 3.21 bits per heavy atom. The van der Waals surface area contributed by atoms with E-state index < -0.39 is 0 Å². The molecule has 0 unspecified atom stereocenters. The number of amidine groups is 1. The fourth-order valence-electron chi connectivity index (χ4n) is 1.51. The minimum Gasteiger partial charge on any atom is -0.374 e. The Hall–Kier alpha value is -1.39. The maximum absolute atomic E-state index is 4.34. The zero-order valence-corrected chi connectivity index (χ0v) is 8.19. The largest absolute Gasteiger partial charge is 0.374 e. The van der Waals surface area contributed by atoms with E-state index in [9.17, 15) is 0 Å². The van der Waals surface area contributed by atoms with E-state index in [1.807, 2.05) is 10.9 Å². The third-order valence-electron chi connectivity index (χ3n) is 2.24. The summed E-state index contributed by atoms with van der Waals surface area (Å²) < 4.78 is 1.85. The van der Waals surface area contributed by atoms with Crippen LogP contribution in [0.25, 0.3) is 0 Å². The van der Waals surface area contributed by atoms with Crippen molar-refractivity contribution in [3.63, 3.8) is 0 Å². The number of aliphatic imine (C=N–C) groups is 1. The van der Waals surface area contributed by atoms with Crippen molar-refractivity contribution in [2.24, 2.45) is 4.99 Å². The standard InChI is InChI=1S/C9H15N5/c1-3-9(10-4-1)11-5-2-7-14-8-6-12-13-14/h6,8H,1-5,7H2,(H,10,11). The van der Waals surface area contributed by atoms with Crippen LogP contribution in [0, 0.1) is 0 Å². The van der Waals surface area contributed by atoms with Gasteiger partial charge in [0.15, 0.2) is 0 Å². The van der Waals surface area contributed by atoms with E-state index in [-0.39, 0.29) is 0 Å². The zero-order chi connectivity index (χ0) is 9.64.